The van der Waals surface area contributed by atoms with Gasteiger partial charge in [-0.3, -0.25) is 0 Å². The van der Waals surface area contributed by atoms with E-state index in [2.05, 4.69) is 6.07 Å². The second-order valence-electron chi connectivity index (χ2n) is 6.68. The molecular formula is C16H21BClNO2. The molecule has 5 heteroatoms. The second-order valence-corrected chi connectivity index (χ2v) is 7.06. The lowest BCUT2D eigenvalue weighted by atomic mass is 9.71. The molecule has 0 bridgehead atoms. The number of halogens is 1. The maximum absolute atomic E-state index is 9.56. The Bertz CT molecular complexity index is 631. The first kappa shape index (κ1) is 16.4. The minimum atomic E-state index is -0.568. The van der Waals surface area contributed by atoms with Crippen molar-refractivity contribution in [3.8, 4) is 6.07 Å². The molecule has 1 aliphatic heterocycles. The molecule has 0 saturated carbocycles. The van der Waals surface area contributed by atoms with Crippen LogP contribution in [0.5, 0.6) is 0 Å². The van der Waals surface area contributed by atoms with Gasteiger partial charge in [0.2, 0.25) is 0 Å². The highest BCUT2D eigenvalue weighted by atomic mass is 35.5. The Kier molecular flexibility index (Phi) is 3.91. The van der Waals surface area contributed by atoms with E-state index in [9.17, 15) is 5.26 Å². The predicted molar refractivity (Wildman–Crippen MR) is 86.1 cm³/mol. The van der Waals surface area contributed by atoms with E-state index < -0.39 is 18.3 Å². The number of rotatable bonds is 1. The van der Waals surface area contributed by atoms with E-state index in [0.717, 1.165) is 22.2 Å². The zero-order chi connectivity index (χ0) is 16.2. The van der Waals surface area contributed by atoms with Gasteiger partial charge in [0.25, 0.3) is 0 Å². The fourth-order valence-corrected chi connectivity index (χ4v) is 2.78. The highest BCUT2D eigenvalue weighted by Gasteiger charge is 2.53. The smallest absolute Gasteiger partial charge is 0.399 e. The molecule has 1 aromatic carbocycles. The first-order valence-corrected chi connectivity index (χ1v) is 7.46. The summed E-state index contributed by atoms with van der Waals surface area (Å²) < 4.78 is 12.2. The molecule has 1 heterocycles. The van der Waals surface area contributed by atoms with Gasteiger partial charge in [-0.2, -0.15) is 5.26 Å². The SMILES string of the molecule is Cc1c(C)c(C#N)c(B2OC(C)(C)C(C)(C)O2)c(C)c1Cl. The van der Waals surface area contributed by atoms with E-state index in [1.54, 1.807) is 0 Å². The molecule has 0 aromatic heterocycles. The number of benzene rings is 1. The topological polar surface area (TPSA) is 42.2 Å². The molecule has 0 amide bonds. The average Bonchev–Trinajstić information content (AvgIpc) is 2.59. The molecule has 0 atom stereocenters. The summed E-state index contributed by atoms with van der Waals surface area (Å²) in [6, 6.07) is 2.29. The van der Waals surface area contributed by atoms with E-state index in [4.69, 9.17) is 20.9 Å². The lowest BCUT2D eigenvalue weighted by molar-refractivity contribution is 0.00578. The third-order valence-corrected chi connectivity index (χ3v) is 5.44. The van der Waals surface area contributed by atoms with E-state index >= 15 is 0 Å². The Morgan fingerprint density at radius 1 is 0.952 bits per heavy atom. The average molecular weight is 306 g/mol. The molecular weight excluding hydrogens is 284 g/mol. The fraction of sp³-hybridized carbons (Fsp3) is 0.562. The van der Waals surface area contributed by atoms with Crippen LogP contribution in [0.4, 0.5) is 0 Å². The van der Waals surface area contributed by atoms with Gasteiger partial charge in [-0.25, -0.2) is 0 Å². The van der Waals surface area contributed by atoms with Crippen molar-refractivity contribution in [2.24, 2.45) is 0 Å². The van der Waals surface area contributed by atoms with Gasteiger partial charge in [0.1, 0.15) is 0 Å². The molecule has 1 fully saturated rings. The van der Waals surface area contributed by atoms with Crippen molar-refractivity contribution in [3.63, 3.8) is 0 Å². The first-order chi connectivity index (χ1) is 9.53. The normalized spacial score (nSPS) is 19.7. The summed E-state index contributed by atoms with van der Waals surface area (Å²) in [4.78, 5) is 0. The summed E-state index contributed by atoms with van der Waals surface area (Å²) in [5.41, 5.74) is 3.15. The lowest BCUT2D eigenvalue weighted by Crippen LogP contribution is -2.41. The van der Waals surface area contributed by atoms with Gasteiger partial charge >= 0.3 is 7.12 Å². The highest BCUT2D eigenvalue weighted by Crippen LogP contribution is 2.38. The molecule has 1 saturated heterocycles. The molecule has 0 unspecified atom stereocenters. The van der Waals surface area contributed by atoms with Gasteiger partial charge in [-0.15, -0.1) is 0 Å². The van der Waals surface area contributed by atoms with Crippen molar-refractivity contribution in [3.05, 3.63) is 27.3 Å². The van der Waals surface area contributed by atoms with Crippen LogP contribution in [-0.4, -0.2) is 18.3 Å². The van der Waals surface area contributed by atoms with Crippen molar-refractivity contribution in [1.29, 1.82) is 5.26 Å². The van der Waals surface area contributed by atoms with E-state index in [1.807, 2.05) is 48.5 Å². The molecule has 0 spiro atoms. The van der Waals surface area contributed by atoms with E-state index in [1.165, 1.54) is 0 Å². The van der Waals surface area contributed by atoms with Gasteiger partial charge in [0, 0.05) is 10.5 Å². The second kappa shape index (κ2) is 5.02. The summed E-state index contributed by atoms with van der Waals surface area (Å²) in [7, 11) is -0.568. The molecule has 1 aliphatic rings. The molecule has 21 heavy (non-hydrogen) atoms. The molecule has 0 N–H and O–H groups in total. The third kappa shape index (κ3) is 2.38. The predicted octanol–water partition coefficient (Wildman–Crippen LogP) is 3.44. The molecule has 1 aromatic rings. The highest BCUT2D eigenvalue weighted by molar-refractivity contribution is 6.64. The number of hydrogen-bond acceptors (Lipinski definition) is 3. The molecule has 112 valence electrons. The molecule has 0 aliphatic carbocycles. The van der Waals surface area contributed by atoms with Gasteiger partial charge in [-0.05, 0) is 65.2 Å². The van der Waals surface area contributed by atoms with Crippen molar-refractivity contribution < 1.29 is 9.31 Å². The van der Waals surface area contributed by atoms with Gasteiger partial charge in [0.15, 0.2) is 0 Å². The Morgan fingerprint density at radius 3 is 1.86 bits per heavy atom. The summed E-state index contributed by atoms with van der Waals surface area (Å²) in [5, 5.41) is 10.2. The minimum absolute atomic E-state index is 0.442. The van der Waals surface area contributed by atoms with Crippen LogP contribution in [0.1, 0.15) is 49.9 Å². The van der Waals surface area contributed by atoms with E-state index in [-0.39, 0.29) is 0 Å². The third-order valence-electron chi connectivity index (χ3n) is 4.87. The van der Waals surface area contributed by atoms with Crippen LogP contribution in [0, 0.1) is 32.1 Å². The van der Waals surface area contributed by atoms with Gasteiger partial charge in [-0.1, -0.05) is 11.6 Å². The van der Waals surface area contributed by atoms with Crippen molar-refractivity contribution in [1.82, 2.24) is 0 Å². The number of nitrogens with zero attached hydrogens (tertiary/aromatic N) is 1. The van der Waals surface area contributed by atoms with Crippen LogP contribution in [0.25, 0.3) is 0 Å². The van der Waals surface area contributed by atoms with Crippen LogP contribution >= 0.6 is 11.6 Å². The van der Waals surface area contributed by atoms with Gasteiger partial charge < -0.3 is 9.31 Å². The van der Waals surface area contributed by atoms with Crippen LogP contribution < -0.4 is 5.46 Å². The maximum atomic E-state index is 9.56. The Morgan fingerprint density at radius 2 is 1.43 bits per heavy atom. The van der Waals surface area contributed by atoms with Crippen molar-refractivity contribution >= 4 is 24.2 Å². The van der Waals surface area contributed by atoms with Crippen LogP contribution in [0.3, 0.4) is 0 Å². The molecule has 2 rings (SSSR count). The Balaban J connectivity index is 2.65. The number of nitriles is 1. The summed E-state index contributed by atoms with van der Waals surface area (Å²) >= 11 is 6.42. The lowest BCUT2D eigenvalue weighted by Gasteiger charge is -2.32. The quantitative estimate of drug-likeness (QED) is 0.746. The Hall–Kier alpha value is -1.02. The largest absolute Gasteiger partial charge is 0.496 e. The van der Waals surface area contributed by atoms with E-state index in [0.29, 0.717) is 10.6 Å². The van der Waals surface area contributed by atoms with Crippen LogP contribution in [0.2, 0.25) is 5.02 Å². The van der Waals surface area contributed by atoms with Gasteiger partial charge in [0.05, 0.1) is 22.8 Å². The molecule has 3 nitrogen and oxygen atoms in total. The minimum Gasteiger partial charge on any atom is -0.399 e. The standard InChI is InChI=1S/C16H21BClNO2/c1-9-10(2)14(18)11(3)13(12(9)8-19)17-20-15(4,5)16(6,7)21-17/h1-7H3. The Labute approximate surface area is 132 Å². The van der Waals surface area contributed by atoms with Crippen LogP contribution in [-0.2, 0) is 9.31 Å². The van der Waals surface area contributed by atoms with Crippen LogP contribution in [0.15, 0.2) is 0 Å². The number of hydrogen-bond donors (Lipinski definition) is 0. The zero-order valence-corrected chi connectivity index (χ0v) is 14.5. The maximum Gasteiger partial charge on any atom is 0.496 e. The van der Waals surface area contributed by atoms with Crippen molar-refractivity contribution in [2.75, 3.05) is 0 Å². The first-order valence-electron chi connectivity index (χ1n) is 7.08. The van der Waals surface area contributed by atoms with Crippen molar-refractivity contribution in [2.45, 2.75) is 59.7 Å². The summed E-state index contributed by atoms with van der Waals surface area (Å²) in [6.45, 7) is 13.7. The molecule has 0 radical (unpaired) electrons. The monoisotopic (exact) mass is 305 g/mol. The zero-order valence-electron chi connectivity index (χ0n) is 13.7. The summed E-state index contributed by atoms with van der Waals surface area (Å²) in [5.74, 6) is 0. The summed E-state index contributed by atoms with van der Waals surface area (Å²) in [6.07, 6.45) is 0. The fourth-order valence-electron chi connectivity index (χ4n) is 2.54.